The van der Waals surface area contributed by atoms with E-state index in [1.807, 2.05) is 30.3 Å². The van der Waals surface area contributed by atoms with Crippen molar-refractivity contribution in [2.45, 2.75) is 31.1 Å². The fraction of sp³-hybridized carbons (Fsp3) is 0.316. The molecule has 28 heavy (non-hydrogen) atoms. The monoisotopic (exact) mass is 385 g/mol. The molecular weight excluding hydrogens is 366 g/mol. The molecule has 4 atom stereocenters. The van der Waals surface area contributed by atoms with Crippen molar-refractivity contribution in [1.82, 2.24) is 14.1 Å². The number of pyridine rings is 1. The number of nitrogens with zero attached hydrogens (tertiary/aromatic N) is 3. The number of aliphatic hydroxyl groups is 3. The maximum absolute atomic E-state index is 12.9. The van der Waals surface area contributed by atoms with Crippen molar-refractivity contribution in [3.8, 4) is 0 Å². The van der Waals surface area contributed by atoms with E-state index in [4.69, 9.17) is 4.74 Å². The van der Waals surface area contributed by atoms with Gasteiger partial charge in [-0.1, -0.05) is 24.3 Å². The van der Waals surface area contributed by atoms with Crippen LogP contribution >= 0.6 is 0 Å². The first-order chi connectivity index (χ1) is 13.5. The molecule has 0 spiro atoms. The molecule has 4 unspecified atom stereocenters. The van der Waals surface area contributed by atoms with Crippen LogP contribution in [0.15, 0.2) is 58.4 Å². The molecule has 1 aromatic carbocycles. The van der Waals surface area contributed by atoms with Gasteiger partial charge in [-0.2, -0.15) is 0 Å². The Bertz CT molecular complexity index is 1120. The summed E-state index contributed by atoms with van der Waals surface area (Å²) in [6.07, 6.45) is -2.19. The number of fused-ring (bicyclic) bond motifs is 1. The van der Waals surface area contributed by atoms with Gasteiger partial charge in [-0.3, -0.25) is 18.9 Å². The SMILES string of the molecule is O=c1ccn(C2OC(CO)C(O)C2O)c(=O)n1Cc1nccc2ccccc12. The third kappa shape index (κ3) is 3.04. The van der Waals surface area contributed by atoms with Crippen LogP contribution in [0, 0.1) is 0 Å². The van der Waals surface area contributed by atoms with Crippen LogP contribution in [0.3, 0.4) is 0 Å². The molecule has 0 radical (unpaired) electrons. The molecule has 0 bridgehead atoms. The second-order valence-electron chi connectivity index (χ2n) is 6.64. The first kappa shape index (κ1) is 18.5. The van der Waals surface area contributed by atoms with Crippen molar-refractivity contribution in [2.75, 3.05) is 6.61 Å². The number of hydrogen-bond acceptors (Lipinski definition) is 7. The van der Waals surface area contributed by atoms with Gasteiger partial charge in [-0.25, -0.2) is 4.79 Å². The van der Waals surface area contributed by atoms with Gasteiger partial charge in [-0.15, -0.1) is 0 Å². The van der Waals surface area contributed by atoms with Crippen LogP contribution in [0.25, 0.3) is 10.8 Å². The highest BCUT2D eigenvalue weighted by Gasteiger charge is 2.43. The number of aromatic nitrogens is 3. The van der Waals surface area contributed by atoms with E-state index in [0.29, 0.717) is 5.69 Å². The van der Waals surface area contributed by atoms with Gasteiger partial charge >= 0.3 is 5.69 Å². The van der Waals surface area contributed by atoms with Crippen molar-refractivity contribution in [2.24, 2.45) is 0 Å². The van der Waals surface area contributed by atoms with Crippen LogP contribution < -0.4 is 11.2 Å². The van der Waals surface area contributed by atoms with Gasteiger partial charge in [0.15, 0.2) is 6.23 Å². The normalized spacial score (nSPS) is 24.7. The molecule has 0 amide bonds. The summed E-state index contributed by atoms with van der Waals surface area (Å²) < 4.78 is 7.43. The minimum Gasteiger partial charge on any atom is -0.394 e. The molecule has 4 rings (SSSR count). The predicted molar refractivity (Wildman–Crippen MR) is 98.8 cm³/mol. The van der Waals surface area contributed by atoms with E-state index < -0.39 is 42.4 Å². The number of ether oxygens (including phenoxy) is 1. The van der Waals surface area contributed by atoms with Gasteiger partial charge < -0.3 is 20.1 Å². The lowest BCUT2D eigenvalue weighted by Crippen LogP contribution is -2.43. The van der Waals surface area contributed by atoms with E-state index in [9.17, 15) is 24.9 Å². The van der Waals surface area contributed by atoms with Gasteiger partial charge in [0.2, 0.25) is 0 Å². The van der Waals surface area contributed by atoms with E-state index in [-0.39, 0.29) is 6.54 Å². The highest BCUT2D eigenvalue weighted by atomic mass is 16.6. The highest BCUT2D eigenvalue weighted by Crippen LogP contribution is 2.27. The summed E-state index contributed by atoms with van der Waals surface area (Å²) in [6, 6.07) is 10.5. The Morgan fingerprint density at radius 1 is 1.07 bits per heavy atom. The second kappa shape index (κ2) is 7.28. The van der Waals surface area contributed by atoms with E-state index >= 15 is 0 Å². The van der Waals surface area contributed by atoms with Gasteiger partial charge in [0.05, 0.1) is 18.8 Å². The summed E-state index contributed by atoms with van der Waals surface area (Å²) in [6.45, 7) is -0.572. The summed E-state index contributed by atoms with van der Waals surface area (Å²) in [5.41, 5.74) is -0.684. The highest BCUT2D eigenvalue weighted by molar-refractivity contribution is 5.84. The Labute approximate surface area is 158 Å². The fourth-order valence-corrected chi connectivity index (χ4v) is 3.44. The number of rotatable bonds is 4. The third-order valence-electron chi connectivity index (χ3n) is 4.95. The molecule has 3 aromatic rings. The second-order valence-corrected chi connectivity index (χ2v) is 6.64. The molecule has 2 aromatic heterocycles. The van der Waals surface area contributed by atoms with E-state index in [2.05, 4.69) is 4.98 Å². The van der Waals surface area contributed by atoms with Crippen LogP contribution in [0.4, 0.5) is 0 Å². The molecule has 146 valence electrons. The van der Waals surface area contributed by atoms with Gasteiger partial charge in [-0.05, 0) is 11.5 Å². The zero-order chi connectivity index (χ0) is 19.8. The minimum absolute atomic E-state index is 0.0609. The molecule has 0 saturated carbocycles. The van der Waals surface area contributed by atoms with Crippen molar-refractivity contribution in [3.05, 3.63) is 75.3 Å². The van der Waals surface area contributed by atoms with Crippen LogP contribution in [-0.2, 0) is 11.3 Å². The van der Waals surface area contributed by atoms with Crippen LogP contribution in [0.2, 0.25) is 0 Å². The molecule has 3 heterocycles. The average Bonchev–Trinajstić information content (AvgIpc) is 2.99. The molecule has 1 fully saturated rings. The lowest BCUT2D eigenvalue weighted by atomic mass is 10.1. The van der Waals surface area contributed by atoms with E-state index in [1.54, 1.807) is 6.20 Å². The average molecular weight is 385 g/mol. The summed E-state index contributed by atoms with van der Waals surface area (Å²) in [7, 11) is 0. The summed E-state index contributed by atoms with van der Waals surface area (Å²) in [5, 5.41) is 31.1. The Balaban J connectivity index is 1.76. The van der Waals surface area contributed by atoms with Crippen LogP contribution in [0.1, 0.15) is 11.9 Å². The fourth-order valence-electron chi connectivity index (χ4n) is 3.44. The number of benzene rings is 1. The zero-order valence-corrected chi connectivity index (χ0v) is 14.8. The predicted octanol–water partition coefficient (Wildman–Crippen LogP) is -0.782. The van der Waals surface area contributed by atoms with Crippen molar-refractivity contribution in [3.63, 3.8) is 0 Å². The van der Waals surface area contributed by atoms with Gasteiger partial charge in [0.25, 0.3) is 5.56 Å². The molecule has 0 aliphatic carbocycles. The third-order valence-corrected chi connectivity index (χ3v) is 4.95. The summed E-state index contributed by atoms with van der Waals surface area (Å²) in [4.78, 5) is 29.6. The standard InChI is InChI=1S/C19H19N3O6/c23-10-14-16(25)17(26)18(28-14)21-8-6-15(24)22(19(21)27)9-13-12-4-2-1-3-11(12)5-7-20-13/h1-8,14,16-18,23,25-26H,9-10H2. The van der Waals surface area contributed by atoms with Gasteiger partial charge in [0.1, 0.15) is 18.3 Å². The Hall–Kier alpha value is -2.85. The first-order valence-corrected chi connectivity index (χ1v) is 8.78. The molecule has 1 aliphatic rings. The molecule has 1 saturated heterocycles. The summed E-state index contributed by atoms with van der Waals surface area (Å²) >= 11 is 0. The van der Waals surface area contributed by atoms with Crippen molar-refractivity contribution < 1.29 is 20.1 Å². The smallest absolute Gasteiger partial charge is 0.333 e. The van der Waals surface area contributed by atoms with E-state index in [0.717, 1.165) is 19.9 Å². The van der Waals surface area contributed by atoms with Crippen molar-refractivity contribution >= 4 is 10.8 Å². The number of hydrogen-bond donors (Lipinski definition) is 3. The van der Waals surface area contributed by atoms with Crippen LogP contribution in [-0.4, -0.2) is 54.4 Å². The lowest BCUT2D eigenvalue weighted by molar-refractivity contribution is -0.0555. The maximum Gasteiger partial charge on any atom is 0.333 e. The molecule has 3 N–H and O–H groups in total. The Morgan fingerprint density at radius 3 is 2.61 bits per heavy atom. The maximum atomic E-state index is 12.9. The zero-order valence-electron chi connectivity index (χ0n) is 14.8. The van der Waals surface area contributed by atoms with Gasteiger partial charge in [0, 0.05) is 23.8 Å². The summed E-state index contributed by atoms with van der Waals surface area (Å²) in [5.74, 6) is 0. The number of aliphatic hydroxyl groups excluding tert-OH is 3. The van der Waals surface area contributed by atoms with Crippen molar-refractivity contribution in [1.29, 1.82) is 0 Å². The molecular formula is C19H19N3O6. The lowest BCUT2D eigenvalue weighted by Gasteiger charge is -2.18. The van der Waals surface area contributed by atoms with E-state index in [1.165, 1.54) is 12.3 Å². The first-order valence-electron chi connectivity index (χ1n) is 8.78. The molecule has 1 aliphatic heterocycles. The minimum atomic E-state index is -1.42. The Morgan fingerprint density at radius 2 is 1.86 bits per heavy atom. The largest absolute Gasteiger partial charge is 0.394 e. The molecule has 9 heteroatoms. The molecule has 9 nitrogen and oxygen atoms in total. The quantitative estimate of drug-likeness (QED) is 0.538. The Kier molecular flexibility index (Phi) is 4.82. The topological polar surface area (TPSA) is 127 Å². The van der Waals surface area contributed by atoms with Crippen LogP contribution in [0.5, 0.6) is 0 Å².